The topological polar surface area (TPSA) is 26.0 Å². The molecule has 2 rings (SSSR count). The van der Waals surface area contributed by atoms with Gasteiger partial charge >= 0.3 is 0 Å². The van der Waals surface area contributed by atoms with E-state index in [1.54, 1.807) is 23.1 Å². The van der Waals surface area contributed by atoms with Crippen LogP contribution in [-0.4, -0.2) is 6.26 Å². The highest BCUT2D eigenvalue weighted by molar-refractivity contribution is 9.12. The molecule has 1 nitrogen and oxygen atoms in total. The van der Waals surface area contributed by atoms with Crippen molar-refractivity contribution in [1.29, 1.82) is 0 Å². The van der Waals surface area contributed by atoms with Crippen LogP contribution in [0.15, 0.2) is 42.8 Å². The van der Waals surface area contributed by atoms with E-state index in [1.165, 1.54) is 10.5 Å². The lowest BCUT2D eigenvalue weighted by atomic mass is 10.0. The first-order valence-electron chi connectivity index (χ1n) is 4.96. The summed E-state index contributed by atoms with van der Waals surface area (Å²) in [4.78, 5) is 1.23. The van der Waals surface area contributed by atoms with Crippen molar-refractivity contribution >= 4 is 55.0 Å². The van der Waals surface area contributed by atoms with Crippen LogP contribution in [0.25, 0.3) is 0 Å². The Hall–Kier alpha value is 0.190. The number of rotatable bonds is 3. The molecule has 0 amide bonds. The van der Waals surface area contributed by atoms with Gasteiger partial charge in [0.1, 0.15) is 0 Å². The predicted molar refractivity (Wildman–Crippen MR) is 84.0 cm³/mol. The second-order valence-corrected chi connectivity index (χ2v) is 8.10. The van der Waals surface area contributed by atoms with E-state index in [2.05, 4.69) is 56.3 Å². The van der Waals surface area contributed by atoms with Gasteiger partial charge < -0.3 is 5.73 Å². The number of thiophene rings is 1. The third-order valence-corrected chi connectivity index (χ3v) is 5.69. The van der Waals surface area contributed by atoms with E-state index in [0.717, 1.165) is 13.1 Å². The van der Waals surface area contributed by atoms with Crippen molar-refractivity contribution in [3.05, 3.63) is 49.0 Å². The van der Waals surface area contributed by atoms with Gasteiger partial charge in [-0.25, -0.2) is 0 Å². The molecule has 0 aliphatic carbocycles. The van der Waals surface area contributed by atoms with Gasteiger partial charge in [0.2, 0.25) is 0 Å². The van der Waals surface area contributed by atoms with Gasteiger partial charge in [0.15, 0.2) is 0 Å². The molecule has 0 radical (unpaired) electrons. The van der Waals surface area contributed by atoms with E-state index < -0.39 is 0 Å². The molecular weight excluding hydrogens is 382 g/mol. The van der Waals surface area contributed by atoms with Gasteiger partial charge in [-0.3, -0.25) is 0 Å². The number of hydrogen-bond donors (Lipinski definition) is 1. The van der Waals surface area contributed by atoms with E-state index in [9.17, 15) is 0 Å². The largest absolute Gasteiger partial charge is 0.320 e. The molecular formula is C12H11Br2NS2. The van der Waals surface area contributed by atoms with E-state index in [1.807, 2.05) is 12.1 Å². The molecule has 17 heavy (non-hydrogen) atoms. The molecule has 1 aromatic carbocycles. The maximum absolute atomic E-state index is 6.35. The van der Waals surface area contributed by atoms with Crippen LogP contribution in [0.5, 0.6) is 0 Å². The molecule has 2 N–H and O–H groups in total. The molecule has 1 aromatic heterocycles. The van der Waals surface area contributed by atoms with Crippen LogP contribution < -0.4 is 5.73 Å². The van der Waals surface area contributed by atoms with Crippen molar-refractivity contribution in [2.24, 2.45) is 5.73 Å². The maximum atomic E-state index is 6.35. The highest BCUT2D eigenvalue weighted by atomic mass is 79.9. The quantitative estimate of drug-likeness (QED) is 0.740. The predicted octanol–water partition coefficient (Wildman–Crippen LogP) is 5.04. The summed E-state index contributed by atoms with van der Waals surface area (Å²) < 4.78 is 2.18. The summed E-state index contributed by atoms with van der Waals surface area (Å²) in [7, 11) is 0. The van der Waals surface area contributed by atoms with Gasteiger partial charge in [-0.2, -0.15) is 0 Å². The van der Waals surface area contributed by atoms with Crippen LogP contribution in [0.4, 0.5) is 0 Å². The summed E-state index contributed by atoms with van der Waals surface area (Å²) in [6.07, 6.45) is 2.07. The first-order chi connectivity index (χ1) is 8.13. The Bertz CT molecular complexity index is 525. The summed E-state index contributed by atoms with van der Waals surface area (Å²) >= 11 is 10.4. The number of nitrogens with two attached hydrogens (primary N) is 1. The minimum absolute atomic E-state index is 0.0874. The minimum atomic E-state index is -0.0874. The van der Waals surface area contributed by atoms with Crippen LogP contribution in [0.3, 0.4) is 0 Å². The average Bonchev–Trinajstić information content (AvgIpc) is 2.67. The van der Waals surface area contributed by atoms with Crippen LogP contribution in [0, 0.1) is 0 Å². The second-order valence-electron chi connectivity index (χ2n) is 3.50. The molecule has 0 saturated carbocycles. The lowest BCUT2D eigenvalue weighted by Crippen LogP contribution is -2.12. The molecule has 0 fully saturated rings. The van der Waals surface area contributed by atoms with Crippen molar-refractivity contribution in [1.82, 2.24) is 0 Å². The lowest BCUT2D eigenvalue weighted by Gasteiger charge is -2.14. The first-order valence-corrected chi connectivity index (χ1v) is 8.59. The van der Waals surface area contributed by atoms with Gasteiger partial charge in [-0.1, -0.05) is 18.2 Å². The Kier molecular flexibility index (Phi) is 4.72. The van der Waals surface area contributed by atoms with Crippen molar-refractivity contribution in [3.63, 3.8) is 0 Å². The normalized spacial score (nSPS) is 12.7. The van der Waals surface area contributed by atoms with Gasteiger partial charge in [-0.05, 0) is 61.4 Å². The molecule has 90 valence electrons. The van der Waals surface area contributed by atoms with Gasteiger partial charge in [0.05, 0.1) is 13.6 Å². The van der Waals surface area contributed by atoms with E-state index in [4.69, 9.17) is 5.73 Å². The minimum Gasteiger partial charge on any atom is -0.320 e. The zero-order valence-electron chi connectivity index (χ0n) is 9.11. The Morgan fingerprint density at radius 1 is 1.24 bits per heavy atom. The molecule has 1 unspecified atom stereocenters. The summed E-state index contributed by atoms with van der Waals surface area (Å²) in [6, 6.07) is 10.3. The Balaban J connectivity index is 2.43. The SMILES string of the molecule is CSc1ccccc1C(N)c1cc(Br)sc1Br. The van der Waals surface area contributed by atoms with Crippen molar-refractivity contribution in [2.75, 3.05) is 6.26 Å². The zero-order chi connectivity index (χ0) is 12.4. The molecule has 0 bridgehead atoms. The molecule has 1 heterocycles. The van der Waals surface area contributed by atoms with Crippen LogP contribution in [-0.2, 0) is 0 Å². The molecule has 5 heteroatoms. The standard InChI is InChI=1S/C12H11Br2NS2/c1-16-9-5-3-2-4-7(9)11(15)8-6-10(13)17-12(8)14/h2-6,11H,15H2,1H3. The number of halogens is 2. The maximum Gasteiger partial charge on any atom is 0.0761 e. The molecule has 0 saturated heterocycles. The smallest absolute Gasteiger partial charge is 0.0761 e. The Morgan fingerprint density at radius 3 is 2.53 bits per heavy atom. The highest BCUT2D eigenvalue weighted by Gasteiger charge is 2.17. The fourth-order valence-corrected chi connectivity index (χ4v) is 5.23. The van der Waals surface area contributed by atoms with Crippen LogP contribution in [0.1, 0.15) is 17.2 Å². The molecule has 1 atom stereocenters. The Labute approximate surface area is 126 Å². The number of hydrogen-bond acceptors (Lipinski definition) is 3. The highest BCUT2D eigenvalue weighted by Crippen LogP contribution is 2.38. The number of thioether (sulfide) groups is 1. The fourth-order valence-electron chi connectivity index (χ4n) is 1.66. The molecule has 0 spiro atoms. The van der Waals surface area contributed by atoms with Crippen LogP contribution in [0.2, 0.25) is 0 Å². The first kappa shape index (κ1) is 13.6. The van der Waals surface area contributed by atoms with Gasteiger partial charge in [0.25, 0.3) is 0 Å². The average molecular weight is 393 g/mol. The lowest BCUT2D eigenvalue weighted by molar-refractivity contribution is 0.849. The summed E-state index contributed by atoms with van der Waals surface area (Å²) in [5, 5.41) is 0. The van der Waals surface area contributed by atoms with E-state index in [0.29, 0.717) is 0 Å². The fraction of sp³-hybridized carbons (Fsp3) is 0.167. The Morgan fingerprint density at radius 2 is 1.94 bits per heavy atom. The van der Waals surface area contributed by atoms with E-state index >= 15 is 0 Å². The van der Waals surface area contributed by atoms with Gasteiger partial charge in [-0.15, -0.1) is 23.1 Å². The second kappa shape index (κ2) is 5.89. The van der Waals surface area contributed by atoms with Crippen molar-refractivity contribution in [2.45, 2.75) is 10.9 Å². The third kappa shape index (κ3) is 2.96. The summed E-state index contributed by atoms with van der Waals surface area (Å²) in [5.74, 6) is 0. The van der Waals surface area contributed by atoms with Crippen LogP contribution >= 0.6 is 55.0 Å². The monoisotopic (exact) mass is 391 g/mol. The summed E-state index contributed by atoms with van der Waals surface area (Å²) in [5.41, 5.74) is 8.65. The van der Waals surface area contributed by atoms with E-state index in [-0.39, 0.29) is 6.04 Å². The third-order valence-electron chi connectivity index (χ3n) is 2.49. The molecule has 0 aliphatic heterocycles. The zero-order valence-corrected chi connectivity index (χ0v) is 13.9. The van der Waals surface area contributed by atoms with Crippen molar-refractivity contribution in [3.8, 4) is 0 Å². The molecule has 0 aliphatic rings. The van der Waals surface area contributed by atoms with Crippen molar-refractivity contribution < 1.29 is 0 Å². The van der Waals surface area contributed by atoms with Gasteiger partial charge in [0, 0.05) is 4.90 Å². The summed E-state index contributed by atoms with van der Waals surface area (Å²) in [6.45, 7) is 0. The molecule has 2 aromatic rings. The number of benzene rings is 1.